The first-order valence-corrected chi connectivity index (χ1v) is 11.3. The van der Waals surface area contributed by atoms with E-state index in [4.69, 9.17) is 4.98 Å². The molecule has 0 fully saturated rings. The van der Waals surface area contributed by atoms with Crippen molar-refractivity contribution in [2.45, 2.75) is 13.8 Å². The molecule has 0 unspecified atom stereocenters. The molecule has 0 saturated heterocycles. The van der Waals surface area contributed by atoms with Crippen molar-refractivity contribution in [3.05, 3.63) is 113 Å². The van der Waals surface area contributed by atoms with Crippen LogP contribution >= 0.6 is 0 Å². The fraction of sp³-hybridized carbons (Fsp3) is 0.0690. The number of carbonyl (C=O) groups is 2. The number of H-pyrrole nitrogens is 1. The maximum Gasteiger partial charge on any atom is 0.255 e. The average Bonchev–Trinajstić information content (AvgIpc) is 3.32. The lowest BCUT2D eigenvalue weighted by molar-refractivity contribution is 0.101. The molecule has 0 aliphatic carbocycles. The molecular weight excluding hydrogens is 436 g/mol. The van der Waals surface area contributed by atoms with E-state index >= 15 is 0 Å². The van der Waals surface area contributed by atoms with Gasteiger partial charge in [-0.2, -0.15) is 0 Å². The van der Waals surface area contributed by atoms with Gasteiger partial charge < -0.3 is 15.6 Å². The van der Waals surface area contributed by atoms with Crippen molar-refractivity contribution in [1.82, 2.24) is 9.97 Å². The second-order valence-electron chi connectivity index (χ2n) is 8.44. The van der Waals surface area contributed by atoms with Crippen molar-refractivity contribution >= 4 is 34.2 Å². The van der Waals surface area contributed by atoms with E-state index in [9.17, 15) is 9.59 Å². The van der Waals surface area contributed by atoms with Gasteiger partial charge in [0.2, 0.25) is 0 Å². The van der Waals surface area contributed by atoms with Gasteiger partial charge in [-0.3, -0.25) is 9.59 Å². The smallest absolute Gasteiger partial charge is 0.255 e. The molecule has 6 nitrogen and oxygen atoms in total. The molecule has 5 aromatic rings. The topological polar surface area (TPSA) is 86.9 Å². The highest BCUT2D eigenvalue weighted by Gasteiger charge is 2.13. The standard InChI is InChI=1S/C29H24N4O2/c1-18-8-10-22(11-9-18)29(35)32-24-16-17-25-26(19(24)2)33-27(31-25)20-12-14-23(15-13-20)30-28(34)21-6-4-3-5-7-21/h3-17H,1-2H3,(H,30,34)(H,31,33)(H,32,35). The third-order valence-corrected chi connectivity index (χ3v) is 5.93. The highest BCUT2D eigenvalue weighted by Crippen LogP contribution is 2.28. The molecule has 0 saturated carbocycles. The second-order valence-corrected chi connectivity index (χ2v) is 8.44. The predicted octanol–water partition coefficient (Wildman–Crippen LogP) is 6.35. The summed E-state index contributed by atoms with van der Waals surface area (Å²) in [5.41, 5.74) is 7.24. The number of nitrogens with one attached hydrogen (secondary N) is 3. The number of fused-ring (bicyclic) bond motifs is 1. The number of nitrogens with zero attached hydrogens (tertiary/aromatic N) is 1. The Balaban J connectivity index is 1.35. The first-order valence-electron chi connectivity index (χ1n) is 11.3. The van der Waals surface area contributed by atoms with E-state index < -0.39 is 0 Å². The summed E-state index contributed by atoms with van der Waals surface area (Å²) in [7, 11) is 0. The molecular formula is C29H24N4O2. The number of aromatic nitrogens is 2. The minimum Gasteiger partial charge on any atom is -0.338 e. The largest absolute Gasteiger partial charge is 0.338 e. The lowest BCUT2D eigenvalue weighted by atomic mass is 10.1. The van der Waals surface area contributed by atoms with Crippen molar-refractivity contribution in [3.8, 4) is 11.4 Å². The van der Waals surface area contributed by atoms with E-state index in [-0.39, 0.29) is 11.8 Å². The van der Waals surface area contributed by atoms with Gasteiger partial charge in [-0.25, -0.2) is 4.98 Å². The fourth-order valence-corrected chi connectivity index (χ4v) is 3.89. The molecule has 6 heteroatoms. The highest BCUT2D eigenvalue weighted by atomic mass is 16.2. The number of imidazole rings is 1. The zero-order chi connectivity index (χ0) is 24.4. The fourth-order valence-electron chi connectivity index (χ4n) is 3.89. The Morgan fingerprint density at radius 3 is 2.09 bits per heavy atom. The monoisotopic (exact) mass is 460 g/mol. The van der Waals surface area contributed by atoms with E-state index in [1.54, 1.807) is 12.1 Å². The van der Waals surface area contributed by atoms with Crippen LogP contribution in [-0.2, 0) is 0 Å². The maximum atomic E-state index is 12.7. The van der Waals surface area contributed by atoms with E-state index in [1.807, 2.05) is 92.7 Å². The molecule has 0 radical (unpaired) electrons. The number of benzene rings is 4. The summed E-state index contributed by atoms with van der Waals surface area (Å²) >= 11 is 0. The number of anilines is 2. The van der Waals surface area contributed by atoms with Gasteiger partial charge in [0.05, 0.1) is 11.0 Å². The lowest BCUT2D eigenvalue weighted by Gasteiger charge is -2.09. The Labute approximate surface area is 203 Å². The van der Waals surface area contributed by atoms with Crippen LogP contribution in [0.15, 0.2) is 91.0 Å². The number of carbonyl (C=O) groups excluding carboxylic acids is 2. The summed E-state index contributed by atoms with van der Waals surface area (Å²) in [6, 6.07) is 27.9. The molecule has 0 aliphatic rings. The molecule has 5 rings (SSSR count). The molecule has 1 aromatic heterocycles. The van der Waals surface area contributed by atoms with Gasteiger partial charge in [0, 0.05) is 28.1 Å². The van der Waals surface area contributed by atoms with Crippen molar-refractivity contribution in [2.75, 3.05) is 10.6 Å². The SMILES string of the molecule is Cc1ccc(C(=O)Nc2ccc3nc(-c4ccc(NC(=O)c5ccccc5)cc4)[nH]c3c2C)cc1. The Hall–Kier alpha value is -4.71. The number of aromatic amines is 1. The van der Waals surface area contributed by atoms with E-state index in [0.29, 0.717) is 22.6 Å². The molecule has 0 atom stereocenters. The van der Waals surface area contributed by atoms with Crippen LogP contribution in [0.1, 0.15) is 31.8 Å². The molecule has 1 heterocycles. The van der Waals surface area contributed by atoms with Gasteiger partial charge in [0.15, 0.2) is 0 Å². The van der Waals surface area contributed by atoms with Crippen molar-refractivity contribution in [3.63, 3.8) is 0 Å². The third-order valence-electron chi connectivity index (χ3n) is 5.93. The molecule has 2 amide bonds. The first kappa shape index (κ1) is 22.1. The number of aryl methyl sites for hydroxylation is 2. The summed E-state index contributed by atoms with van der Waals surface area (Å²) in [6.07, 6.45) is 0. The molecule has 0 aliphatic heterocycles. The molecule has 3 N–H and O–H groups in total. The summed E-state index contributed by atoms with van der Waals surface area (Å²) in [4.78, 5) is 33.1. The van der Waals surface area contributed by atoms with Crippen LogP contribution in [0, 0.1) is 13.8 Å². The number of rotatable bonds is 5. The first-order chi connectivity index (χ1) is 17.0. The zero-order valence-corrected chi connectivity index (χ0v) is 19.4. The number of hydrogen-bond donors (Lipinski definition) is 3. The van der Waals surface area contributed by atoms with Crippen LogP contribution in [0.3, 0.4) is 0 Å². The summed E-state index contributed by atoms with van der Waals surface area (Å²) in [5.74, 6) is 0.407. The molecule has 35 heavy (non-hydrogen) atoms. The van der Waals surface area contributed by atoms with E-state index in [2.05, 4.69) is 15.6 Å². The van der Waals surface area contributed by atoms with Crippen LogP contribution < -0.4 is 10.6 Å². The minimum atomic E-state index is -0.155. The van der Waals surface area contributed by atoms with Crippen molar-refractivity contribution in [2.24, 2.45) is 0 Å². The summed E-state index contributed by atoms with van der Waals surface area (Å²) < 4.78 is 0. The minimum absolute atomic E-state index is 0.152. The third kappa shape index (κ3) is 4.68. The average molecular weight is 461 g/mol. The van der Waals surface area contributed by atoms with Crippen LogP contribution in [0.4, 0.5) is 11.4 Å². The van der Waals surface area contributed by atoms with Crippen molar-refractivity contribution in [1.29, 1.82) is 0 Å². The van der Waals surface area contributed by atoms with Crippen LogP contribution in [0.2, 0.25) is 0 Å². The van der Waals surface area contributed by atoms with E-state index in [1.165, 1.54) is 0 Å². The van der Waals surface area contributed by atoms with Gasteiger partial charge in [0.1, 0.15) is 5.82 Å². The quantitative estimate of drug-likeness (QED) is 0.286. The van der Waals surface area contributed by atoms with Gasteiger partial charge in [-0.15, -0.1) is 0 Å². The van der Waals surface area contributed by atoms with Gasteiger partial charge in [-0.05, 0) is 80.1 Å². The second kappa shape index (κ2) is 9.27. The number of amides is 2. The Morgan fingerprint density at radius 2 is 1.37 bits per heavy atom. The molecule has 172 valence electrons. The number of hydrogen-bond acceptors (Lipinski definition) is 3. The Bertz CT molecular complexity index is 1520. The van der Waals surface area contributed by atoms with Crippen molar-refractivity contribution < 1.29 is 9.59 Å². The normalized spacial score (nSPS) is 10.8. The van der Waals surface area contributed by atoms with Gasteiger partial charge in [-0.1, -0.05) is 35.9 Å². The molecule has 4 aromatic carbocycles. The highest BCUT2D eigenvalue weighted by molar-refractivity contribution is 6.06. The summed E-state index contributed by atoms with van der Waals surface area (Å²) in [6.45, 7) is 3.95. The van der Waals surface area contributed by atoms with Crippen LogP contribution in [0.5, 0.6) is 0 Å². The molecule has 0 bridgehead atoms. The Morgan fingerprint density at radius 1 is 0.714 bits per heavy atom. The lowest BCUT2D eigenvalue weighted by Crippen LogP contribution is -2.12. The van der Waals surface area contributed by atoms with Gasteiger partial charge >= 0.3 is 0 Å². The Kier molecular flexibility index (Phi) is 5.85. The zero-order valence-electron chi connectivity index (χ0n) is 19.4. The van der Waals surface area contributed by atoms with Gasteiger partial charge in [0.25, 0.3) is 11.8 Å². The summed E-state index contributed by atoms with van der Waals surface area (Å²) in [5, 5.41) is 5.90. The van der Waals surface area contributed by atoms with Crippen LogP contribution in [0.25, 0.3) is 22.4 Å². The van der Waals surface area contributed by atoms with Crippen LogP contribution in [-0.4, -0.2) is 21.8 Å². The van der Waals surface area contributed by atoms with E-state index in [0.717, 1.165) is 33.4 Å². The maximum absolute atomic E-state index is 12.7. The predicted molar refractivity (Wildman–Crippen MR) is 140 cm³/mol. The molecule has 0 spiro atoms.